The largest absolute Gasteiger partial charge is 0.324 e. The van der Waals surface area contributed by atoms with Crippen LogP contribution in [-0.2, 0) is 11.2 Å². The highest BCUT2D eigenvalue weighted by atomic mass is 35.5. The molecule has 0 spiro atoms. The maximum Gasteiger partial charge on any atom is 0.230 e. The van der Waals surface area contributed by atoms with Gasteiger partial charge in [-0.3, -0.25) is 14.8 Å². The Morgan fingerprint density at radius 1 is 1.07 bits per heavy atom. The van der Waals surface area contributed by atoms with Crippen LogP contribution in [0.15, 0.2) is 53.7 Å². The fourth-order valence-corrected chi connectivity index (χ4v) is 3.75. The van der Waals surface area contributed by atoms with Crippen LogP contribution in [-0.4, -0.2) is 16.6 Å². The average molecular weight is 424 g/mol. The van der Waals surface area contributed by atoms with E-state index in [1.807, 2.05) is 25.3 Å². The molecule has 0 unspecified atom stereocenters. The van der Waals surface area contributed by atoms with E-state index in [-0.39, 0.29) is 12.3 Å². The number of nitrogens with one attached hydrogen (secondary N) is 1. The van der Waals surface area contributed by atoms with Crippen LogP contribution in [0.1, 0.15) is 30.2 Å². The van der Waals surface area contributed by atoms with Gasteiger partial charge in [-0.25, -0.2) is 0 Å². The number of pyridine rings is 1. The van der Waals surface area contributed by atoms with E-state index in [9.17, 15) is 4.79 Å². The van der Waals surface area contributed by atoms with Gasteiger partial charge in [0.1, 0.15) is 0 Å². The number of fused-ring (bicyclic) bond motifs is 1. The predicted octanol–water partition coefficient (Wildman–Crippen LogP) is 6.39. The van der Waals surface area contributed by atoms with E-state index in [0.717, 1.165) is 28.8 Å². The lowest BCUT2D eigenvalue weighted by Gasteiger charge is -2.11. The summed E-state index contributed by atoms with van der Waals surface area (Å²) in [6.45, 7) is 4.10. The summed E-state index contributed by atoms with van der Waals surface area (Å²) in [5.41, 5.74) is 7.11. The molecule has 4 nitrogen and oxygen atoms in total. The van der Waals surface area contributed by atoms with Crippen LogP contribution < -0.4 is 5.32 Å². The van der Waals surface area contributed by atoms with Crippen molar-refractivity contribution in [2.75, 3.05) is 5.32 Å². The first kappa shape index (κ1) is 19.6. The molecule has 1 aliphatic heterocycles. The fraction of sp³-hybridized carbons (Fsp3) is 0.174. The van der Waals surface area contributed by atoms with Gasteiger partial charge in [-0.1, -0.05) is 48.3 Å². The first-order valence-electron chi connectivity index (χ1n) is 9.37. The Labute approximate surface area is 179 Å². The molecule has 0 radical (unpaired) electrons. The second-order valence-corrected chi connectivity index (χ2v) is 7.80. The van der Waals surface area contributed by atoms with Crippen molar-refractivity contribution >= 4 is 46.2 Å². The molecule has 1 aliphatic rings. The number of carbonyl (C=O) groups is 1. The molecule has 3 aromatic rings. The standard InChI is InChI=1S/C23H19Cl2N3O/c1-3-14-12-26-13(2)7-17(14)15-5-4-6-16(8-15)20-11-23(29)28-22-10-19(25)18(24)9-21(22)27-20/h4-10,12H,3,11H2,1-2H3,(H,28,29). The molecule has 6 heteroatoms. The minimum atomic E-state index is -0.139. The lowest BCUT2D eigenvalue weighted by molar-refractivity contribution is -0.115. The Balaban J connectivity index is 1.82. The normalized spacial score (nSPS) is 13.4. The van der Waals surface area contributed by atoms with Gasteiger partial charge in [-0.05, 0) is 59.9 Å². The Morgan fingerprint density at radius 2 is 1.83 bits per heavy atom. The molecule has 2 heterocycles. The van der Waals surface area contributed by atoms with E-state index in [1.54, 1.807) is 12.1 Å². The highest BCUT2D eigenvalue weighted by Crippen LogP contribution is 2.37. The Morgan fingerprint density at radius 3 is 2.62 bits per heavy atom. The minimum absolute atomic E-state index is 0.139. The Hall–Kier alpha value is -2.69. The zero-order chi connectivity index (χ0) is 20.5. The maximum atomic E-state index is 12.4. The quantitative estimate of drug-likeness (QED) is 0.530. The third kappa shape index (κ3) is 4.04. The summed E-state index contributed by atoms with van der Waals surface area (Å²) in [5, 5.41) is 3.64. The van der Waals surface area contributed by atoms with Crippen molar-refractivity contribution in [3.63, 3.8) is 0 Å². The number of anilines is 1. The van der Waals surface area contributed by atoms with E-state index in [1.165, 1.54) is 5.56 Å². The van der Waals surface area contributed by atoms with Crippen LogP contribution in [0.5, 0.6) is 0 Å². The van der Waals surface area contributed by atoms with Gasteiger partial charge in [0, 0.05) is 11.9 Å². The molecule has 1 amide bonds. The summed E-state index contributed by atoms with van der Waals surface area (Å²) in [4.78, 5) is 21.6. The van der Waals surface area contributed by atoms with E-state index in [2.05, 4.69) is 35.4 Å². The zero-order valence-electron chi connectivity index (χ0n) is 16.1. The lowest BCUT2D eigenvalue weighted by Crippen LogP contribution is -2.15. The van der Waals surface area contributed by atoms with Crippen LogP contribution in [0, 0.1) is 6.92 Å². The summed E-state index contributed by atoms with van der Waals surface area (Å²) in [6.07, 6.45) is 2.99. The minimum Gasteiger partial charge on any atom is -0.324 e. The topological polar surface area (TPSA) is 54.4 Å². The second-order valence-electron chi connectivity index (χ2n) is 6.98. The van der Waals surface area contributed by atoms with Crippen LogP contribution in [0.25, 0.3) is 11.1 Å². The van der Waals surface area contributed by atoms with Crippen molar-refractivity contribution in [1.29, 1.82) is 0 Å². The molecule has 0 saturated carbocycles. The van der Waals surface area contributed by atoms with E-state index in [4.69, 9.17) is 28.2 Å². The highest BCUT2D eigenvalue weighted by Gasteiger charge is 2.19. The number of halogens is 2. The maximum absolute atomic E-state index is 12.4. The number of hydrogen-bond donors (Lipinski definition) is 1. The van der Waals surface area contributed by atoms with Crippen LogP contribution >= 0.6 is 23.2 Å². The molecule has 29 heavy (non-hydrogen) atoms. The molecule has 1 N–H and O–H groups in total. The molecule has 146 valence electrons. The van der Waals surface area contributed by atoms with Crippen molar-refractivity contribution in [2.45, 2.75) is 26.7 Å². The summed E-state index contributed by atoms with van der Waals surface area (Å²) in [6, 6.07) is 13.5. The first-order chi connectivity index (χ1) is 13.9. The molecule has 2 aromatic carbocycles. The molecule has 0 fully saturated rings. The highest BCUT2D eigenvalue weighted by molar-refractivity contribution is 6.42. The smallest absolute Gasteiger partial charge is 0.230 e. The molecular weight excluding hydrogens is 405 g/mol. The van der Waals surface area contributed by atoms with Crippen molar-refractivity contribution in [3.8, 4) is 11.1 Å². The van der Waals surface area contributed by atoms with Crippen molar-refractivity contribution in [2.24, 2.45) is 4.99 Å². The number of aromatic nitrogens is 1. The molecule has 1 aromatic heterocycles. The summed E-state index contributed by atoms with van der Waals surface area (Å²) in [7, 11) is 0. The molecule has 0 bridgehead atoms. The molecule has 0 saturated heterocycles. The monoisotopic (exact) mass is 423 g/mol. The number of benzene rings is 2. The summed E-state index contributed by atoms with van der Waals surface area (Å²) in [5.74, 6) is -0.139. The number of aliphatic imine (C=N–C) groups is 1. The van der Waals surface area contributed by atoms with E-state index in [0.29, 0.717) is 27.1 Å². The predicted molar refractivity (Wildman–Crippen MR) is 120 cm³/mol. The molecular formula is C23H19Cl2N3O. The molecule has 0 aliphatic carbocycles. The average Bonchev–Trinajstić information content (AvgIpc) is 2.86. The second kappa shape index (κ2) is 7.97. The number of carbonyl (C=O) groups excluding carboxylic acids is 1. The van der Waals surface area contributed by atoms with Crippen LogP contribution in [0.2, 0.25) is 10.0 Å². The van der Waals surface area contributed by atoms with Crippen molar-refractivity contribution in [3.05, 3.63) is 75.5 Å². The van der Waals surface area contributed by atoms with Crippen molar-refractivity contribution in [1.82, 2.24) is 4.98 Å². The van der Waals surface area contributed by atoms with E-state index >= 15 is 0 Å². The van der Waals surface area contributed by atoms with Gasteiger partial charge in [0.2, 0.25) is 5.91 Å². The van der Waals surface area contributed by atoms with Gasteiger partial charge in [-0.2, -0.15) is 0 Å². The van der Waals surface area contributed by atoms with Gasteiger partial charge >= 0.3 is 0 Å². The van der Waals surface area contributed by atoms with E-state index < -0.39 is 0 Å². The molecule has 0 atom stereocenters. The number of aryl methyl sites for hydroxylation is 2. The van der Waals surface area contributed by atoms with Crippen molar-refractivity contribution < 1.29 is 4.79 Å². The Bertz CT molecular complexity index is 1150. The van der Waals surface area contributed by atoms with Gasteiger partial charge in [0.25, 0.3) is 0 Å². The summed E-state index contributed by atoms with van der Waals surface area (Å²) < 4.78 is 0. The fourth-order valence-electron chi connectivity index (χ4n) is 3.43. The third-order valence-electron chi connectivity index (χ3n) is 4.91. The molecule has 4 rings (SSSR count). The number of rotatable bonds is 3. The SMILES string of the molecule is CCc1cnc(C)cc1-c1cccc(C2=Nc3cc(Cl)c(Cl)cc3NC(=O)C2)c1. The number of nitrogens with zero attached hydrogens (tertiary/aromatic N) is 2. The third-order valence-corrected chi connectivity index (χ3v) is 5.63. The van der Waals surface area contributed by atoms with Gasteiger partial charge in [-0.15, -0.1) is 0 Å². The van der Waals surface area contributed by atoms with Gasteiger partial charge in [0.15, 0.2) is 0 Å². The van der Waals surface area contributed by atoms with Gasteiger partial charge in [0.05, 0.1) is 33.6 Å². The number of hydrogen-bond acceptors (Lipinski definition) is 3. The Kier molecular flexibility index (Phi) is 5.39. The first-order valence-corrected chi connectivity index (χ1v) is 10.1. The zero-order valence-corrected chi connectivity index (χ0v) is 17.6. The number of amides is 1. The lowest BCUT2D eigenvalue weighted by atomic mass is 9.96. The van der Waals surface area contributed by atoms with Crippen LogP contribution in [0.3, 0.4) is 0 Å². The van der Waals surface area contributed by atoms with Gasteiger partial charge < -0.3 is 5.32 Å². The summed E-state index contributed by atoms with van der Waals surface area (Å²) >= 11 is 12.3. The van der Waals surface area contributed by atoms with Crippen LogP contribution in [0.4, 0.5) is 11.4 Å².